The van der Waals surface area contributed by atoms with E-state index in [1.165, 1.54) is 87.9 Å². The third-order valence-electron chi connectivity index (χ3n) is 14.9. The fraction of sp³-hybridized carbons (Fsp3) is 0.187. The van der Waals surface area contributed by atoms with Gasteiger partial charge < -0.3 is 10.3 Å². The lowest BCUT2D eigenvalue weighted by atomic mass is 10.3. The Hall–Kier alpha value is -2.08. The molecule has 0 spiro atoms. The Bertz CT molecular complexity index is 4480. The first kappa shape index (κ1) is 90.1. The van der Waals surface area contributed by atoms with Gasteiger partial charge in [-0.3, -0.25) is 4.79 Å². The Kier molecular flexibility index (Phi) is 34.8. The summed E-state index contributed by atoms with van der Waals surface area (Å²) < 4.78 is 26.5. The van der Waals surface area contributed by atoms with E-state index in [0.717, 1.165) is 36.3 Å². The summed E-state index contributed by atoms with van der Waals surface area (Å²) in [6.07, 6.45) is 0. The first-order chi connectivity index (χ1) is 49.3. The van der Waals surface area contributed by atoms with Crippen LogP contribution in [0, 0.1) is 10.1 Å². The van der Waals surface area contributed by atoms with E-state index in [0.29, 0.717) is 0 Å². The maximum atomic E-state index is 13.6. The molecule has 0 fully saturated rings. The zero-order chi connectivity index (χ0) is 77.5. The van der Waals surface area contributed by atoms with E-state index in [1.54, 1.807) is 33.9 Å². The number of hydrogen-bond donors (Lipinski definition) is 2. The number of benzene rings is 10. The minimum absolute atomic E-state index is 0.833. The summed E-state index contributed by atoms with van der Waals surface area (Å²) in [5, 5.41) is 27.0. The van der Waals surface area contributed by atoms with Crippen LogP contribution in [0.25, 0.3) is 0 Å². The molecule has 5 heterocycles. The normalized spacial score (nSPS) is 13.3. The van der Waals surface area contributed by atoms with Gasteiger partial charge >= 0.3 is 0 Å². The molecule has 8 nitrogen and oxygen atoms in total. The molecule has 30 heteroatoms. The third kappa shape index (κ3) is 26.0. The van der Waals surface area contributed by atoms with Gasteiger partial charge in [0.25, 0.3) is 14.3 Å². The highest BCUT2D eigenvalue weighted by Gasteiger charge is 2.35. The summed E-state index contributed by atoms with van der Waals surface area (Å²) in [4.78, 5) is 42.7. The zero-order valence-electron chi connectivity index (χ0n) is 59.1. The molecule has 2 N–H and O–H groups in total. The van der Waals surface area contributed by atoms with Crippen LogP contribution in [-0.2, 0) is 26.4 Å². The Morgan fingerprint density at radius 2 is 0.581 bits per heavy atom. The van der Waals surface area contributed by atoms with Gasteiger partial charge in [0.1, 0.15) is 0 Å². The summed E-state index contributed by atoms with van der Waals surface area (Å²) in [5.74, 6) is -0.833. The lowest BCUT2D eigenvalue weighted by Gasteiger charge is -2.30. The van der Waals surface area contributed by atoms with Crippen molar-refractivity contribution in [2.75, 3.05) is 0 Å². The predicted octanol–water partition coefficient (Wildman–Crippen LogP) is 27.2. The number of hydrogen-bond acceptors (Lipinski definition) is 13. The lowest BCUT2D eigenvalue weighted by molar-refractivity contribution is -0.742. The molecule has 10 aromatic rings. The number of alkyl halides is 4. The topological polar surface area (TPSA) is 135 Å². The van der Waals surface area contributed by atoms with E-state index in [-0.39, 0.29) is 0 Å². The monoisotopic (exact) mass is 1990 g/mol. The number of carboxylic acid groups (broad SMARTS) is 1. The standard InChI is InChI=1S/C18H24OS2Si2.C18H24S2Si2.C12H6Br2S2.C12H8OS2.C12H8S2.C2H4O2.CCl4.Br2.HNO3/c1-22(2,3)15-11-7-9-13-17(15)21(19)18-14(20-13)10-8-12-16(18)23(4,5)6;1-21(2,3)15-11-7-9-13-17(15)20-18-14(19-13)10-8-12-16(18)22(4,5)6;13-7-3-1-5-9-11(7)16-12-8(14)4-2-6-10(12)15-9;13-15-11-7-3-1-5-9(11)14-10-6-2-4-8-12(10)15;1-2-6-10-9(5-1)13-11-7-3-4-8-12(11)14-10;1-2(3)4;2-1(3,4)5;1-2;2-1(3)4/h7-12H,1-6H3;7-12H,1-6H3;1-6H;1-8H;1-8H;1H3,(H,3,4);;;(H,2,3,4). The van der Waals surface area contributed by atoms with Crippen LogP contribution < -0.4 is 20.7 Å². The Morgan fingerprint density at radius 1 is 0.371 bits per heavy atom. The first-order valence-corrected chi connectivity index (χ1v) is 61.6. The number of carboxylic acids is 1. The van der Waals surface area contributed by atoms with Crippen molar-refractivity contribution in [2.24, 2.45) is 0 Å². The fourth-order valence-corrected chi connectivity index (χ4v) is 34.9. The molecule has 0 unspecified atom stereocenters. The van der Waals surface area contributed by atoms with E-state index in [4.69, 9.17) is 71.6 Å². The second-order valence-corrected chi connectivity index (χ2v) is 63.6. The summed E-state index contributed by atoms with van der Waals surface area (Å²) in [5.41, 5.74) is 0. The van der Waals surface area contributed by atoms with Crippen molar-refractivity contribution in [3.63, 3.8) is 0 Å². The SMILES string of the molecule is BrBr.Brc1cccc2c1Sc1c(Br)cccc1S2.CC(=O)O.C[Si](C)(C)c1cccc2c1S(=O)c1c(cccc1[Si](C)(C)C)S2.C[Si](C)(C)c1cccc2c1Sc1c(cccc1[Si](C)(C)C)S2.ClC(Cl)(Cl)Cl.O=S1c2ccccc2Sc2ccccc21.O=[N+]([O-])O.c1ccc2c(c1)Sc1ccccc1S2. The van der Waals surface area contributed by atoms with Crippen LogP contribution in [0.3, 0.4) is 0 Å². The molecular weight excluding hydrogens is 1920 g/mol. The molecule has 5 aliphatic heterocycles. The van der Waals surface area contributed by atoms with Crippen LogP contribution in [0.4, 0.5) is 0 Å². The van der Waals surface area contributed by atoms with E-state index in [9.17, 15) is 8.42 Å². The van der Waals surface area contributed by atoms with E-state index in [1.807, 2.05) is 119 Å². The summed E-state index contributed by atoms with van der Waals surface area (Å²) >= 11 is 46.9. The Morgan fingerprint density at radius 3 is 0.886 bits per heavy atom. The largest absolute Gasteiger partial charge is 0.481 e. The molecule has 0 aromatic heterocycles. The van der Waals surface area contributed by atoms with Crippen LogP contribution in [0.15, 0.2) is 313 Å². The second-order valence-electron chi connectivity index (χ2n) is 27.0. The maximum Gasteiger partial charge on any atom is 0.300 e. The summed E-state index contributed by atoms with van der Waals surface area (Å²) in [6, 6.07) is 72.3. The quantitative estimate of drug-likeness (QED) is 0.0748. The molecule has 5 aliphatic rings. The van der Waals surface area contributed by atoms with E-state index < -0.39 is 68.2 Å². The van der Waals surface area contributed by atoms with Crippen molar-refractivity contribution in [1.82, 2.24) is 0 Å². The van der Waals surface area contributed by atoms with Crippen LogP contribution in [0.1, 0.15) is 6.92 Å². The molecule has 0 saturated carbocycles. The highest BCUT2D eigenvalue weighted by molar-refractivity contribution is 9.93. The van der Waals surface area contributed by atoms with Gasteiger partial charge in [-0.25, -0.2) is 8.42 Å². The first-order valence-electron chi connectivity index (χ1n) is 32.0. The third-order valence-corrected chi connectivity index (χ3v) is 39.4. The van der Waals surface area contributed by atoms with E-state index >= 15 is 0 Å². The van der Waals surface area contributed by atoms with Gasteiger partial charge in [0, 0.05) is 122 Å². The molecule has 105 heavy (non-hydrogen) atoms. The average Bonchev–Trinajstić information content (AvgIpc) is 0.744. The summed E-state index contributed by atoms with van der Waals surface area (Å²) in [6.45, 7) is 29.8. The number of halogens is 8. The van der Waals surface area contributed by atoms with Gasteiger partial charge in [-0.1, -0.05) is 328 Å². The van der Waals surface area contributed by atoms with E-state index in [2.05, 4.69) is 296 Å². The maximum absolute atomic E-state index is 13.6. The van der Waals surface area contributed by atoms with Gasteiger partial charge in [-0.15, -0.1) is 10.1 Å². The van der Waals surface area contributed by atoms with Gasteiger partial charge in [-0.2, -0.15) is 0 Å². The Balaban J connectivity index is 0.000000176. The smallest absolute Gasteiger partial charge is 0.300 e. The van der Waals surface area contributed by atoms with Gasteiger partial charge in [0.05, 0.1) is 73.5 Å². The lowest BCUT2D eigenvalue weighted by Crippen LogP contribution is -2.44. The predicted molar refractivity (Wildman–Crippen MR) is 480 cm³/mol. The van der Waals surface area contributed by atoms with Crippen molar-refractivity contribution in [3.8, 4) is 0 Å². The van der Waals surface area contributed by atoms with Crippen molar-refractivity contribution in [3.05, 3.63) is 225 Å². The average molecular weight is 2000 g/mol. The summed E-state index contributed by atoms with van der Waals surface area (Å²) in [7, 11) is -7.78. The number of nitrogens with zero attached hydrogens (tertiary/aromatic N) is 1. The molecule has 0 saturated heterocycles. The molecule has 0 radical (unpaired) electrons. The highest BCUT2D eigenvalue weighted by Crippen LogP contribution is 2.54. The zero-order valence-corrected chi connectivity index (χ0v) is 80.7. The molecule has 0 atom stereocenters. The number of rotatable bonds is 4. The van der Waals surface area contributed by atoms with Crippen LogP contribution in [0.5, 0.6) is 0 Å². The molecule has 0 bridgehead atoms. The molecule has 0 amide bonds. The van der Waals surface area contributed by atoms with Crippen molar-refractivity contribution in [2.45, 2.75) is 187 Å². The van der Waals surface area contributed by atoms with Gasteiger partial charge in [0.2, 0.25) is 0 Å². The minimum Gasteiger partial charge on any atom is -0.481 e. The molecule has 10 aromatic carbocycles. The second kappa shape index (κ2) is 40.6. The van der Waals surface area contributed by atoms with Crippen LogP contribution >= 0.6 is 201 Å². The molecule has 554 valence electrons. The van der Waals surface area contributed by atoms with Crippen LogP contribution in [-0.4, -0.2) is 65.3 Å². The highest BCUT2D eigenvalue weighted by atomic mass is 80.9. The number of fused-ring (bicyclic) bond motifs is 10. The van der Waals surface area contributed by atoms with Crippen molar-refractivity contribution >= 4 is 281 Å². The van der Waals surface area contributed by atoms with Gasteiger partial charge in [0.15, 0.2) is 0 Å². The van der Waals surface area contributed by atoms with Crippen molar-refractivity contribution < 1.29 is 28.6 Å². The number of aliphatic carboxylic acids is 1. The molecular formula is C75H75Br4Cl4NO7S10Si4. The fourth-order valence-electron chi connectivity index (χ4n) is 10.4. The van der Waals surface area contributed by atoms with Crippen molar-refractivity contribution in [1.29, 1.82) is 0 Å². The van der Waals surface area contributed by atoms with Gasteiger partial charge in [-0.05, 0) is 150 Å². The Labute approximate surface area is 712 Å². The van der Waals surface area contributed by atoms with Crippen LogP contribution in [0.2, 0.25) is 78.6 Å². The molecule has 15 rings (SSSR count). The molecule has 0 aliphatic carbocycles. The number of carbonyl (C=O) groups is 1. The minimum atomic E-state index is -1.61.